The van der Waals surface area contributed by atoms with E-state index in [-0.39, 0.29) is 0 Å². The second-order valence-electron chi connectivity index (χ2n) is 3.27. The van der Waals surface area contributed by atoms with E-state index in [0.29, 0.717) is 0 Å². The first-order valence-corrected chi connectivity index (χ1v) is 5.34. The van der Waals surface area contributed by atoms with Crippen LogP contribution in [0.5, 0.6) is 0 Å². The van der Waals surface area contributed by atoms with E-state index in [9.17, 15) is 0 Å². The largest absolute Gasteiger partial charge is 0.369 e. The Morgan fingerprint density at radius 3 is 3.08 bits per heavy atom. The van der Waals surface area contributed by atoms with Crippen molar-refractivity contribution < 1.29 is 0 Å². The third kappa shape index (κ3) is 1.58. The van der Waals surface area contributed by atoms with Crippen molar-refractivity contribution >= 4 is 21.6 Å². The predicted molar refractivity (Wildman–Crippen MR) is 59.1 cm³/mol. The zero-order valence-electron chi connectivity index (χ0n) is 7.46. The van der Waals surface area contributed by atoms with Crippen molar-refractivity contribution in [1.82, 2.24) is 0 Å². The van der Waals surface area contributed by atoms with E-state index in [1.807, 2.05) is 0 Å². The molecule has 1 aliphatic rings. The maximum Gasteiger partial charge on any atom is 0.0544 e. The highest BCUT2D eigenvalue weighted by atomic mass is 79.9. The molecule has 13 heavy (non-hydrogen) atoms. The average molecular weight is 241 g/mol. The molecule has 2 nitrogen and oxygen atoms in total. The maximum atomic E-state index is 5.56. The fourth-order valence-corrected chi connectivity index (χ4v) is 2.52. The molecule has 0 saturated heterocycles. The van der Waals surface area contributed by atoms with Gasteiger partial charge in [0.25, 0.3) is 0 Å². The molecular weight excluding hydrogens is 228 g/mol. The van der Waals surface area contributed by atoms with Gasteiger partial charge in [0, 0.05) is 24.1 Å². The molecule has 3 heteroatoms. The number of nitrogens with two attached hydrogens (primary N) is 1. The maximum absolute atomic E-state index is 5.56. The van der Waals surface area contributed by atoms with Gasteiger partial charge in [0.15, 0.2) is 0 Å². The van der Waals surface area contributed by atoms with Gasteiger partial charge in [-0.15, -0.1) is 0 Å². The van der Waals surface area contributed by atoms with Crippen LogP contribution in [-0.4, -0.2) is 19.6 Å². The highest BCUT2D eigenvalue weighted by Crippen LogP contribution is 2.34. The minimum atomic E-state index is 0.723. The van der Waals surface area contributed by atoms with Gasteiger partial charge in [-0.2, -0.15) is 0 Å². The summed E-state index contributed by atoms with van der Waals surface area (Å²) < 4.78 is 1.19. The summed E-state index contributed by atoms with van der Waals surface area (Å²) in [5.41, 5.74) is 8.33. The fraction of sp³-hybridized carbons (Fsp3) is 0.400. The Kier molecular flexibility index (Phi) is 2.56. The molecule has 0 unspecified atom stereocenters. The topological polar surface area (TPSA) is 29.3 Å². The van der Waals surface area contributed by atoms with E-state index in [1.54, 1.807) is 0 Å². The molecule has 0 saturated carbocycles. The summed E-state index contributed by atoms with van der Waals surface area (Å²) in [6.45, 7) is 2.78. The van der Waals surface area contributed by atoms with Crippen molar-refractivity contribution in [2.24, 2.45) is 5.73 Å². The van der Waals surface area contributed by atoms with E-state index >= 15 is 0 Å². The molecule has 1 heterocycles. The third-order valence-electron chi connectivity index (χ3n) is 2.44. The van der Waals surface area contributed by atoms with Crippen LogP contribution in [-0.2, 0) is 6.42 Å². The molecule has 1 aliphatic heterocycles. The molecule has 0 radical (unpaired) electrons. The van der Waals surface area contributed by atoms with Gasteiger partial charge in [0.1, 0.15) is 0 Å². The number of hydrogen-bond acceptors (Lipinski definition) is 2. The van der Waals surface area contributed by atoms with Crippen LogP contribution in [0.4, 0.5) is 5.69 Å². The van der Waals surface area contributed by atoms with Crippen LogP contribution < -0.4 is 10.6 Å². The van der Waals surface area contributed by atoms with Gasteiger partial charge >= 0.3 is 0 Å². The second kappa shape index (κ2) is 3.68. The van der Waals surface area contributed by atoms with E-state index in [1.165, 1.54) is 15.7 Å². The smallest absolute Gasteiger partial charge is 0.0544 e. The molecule has 1 aromatic rings. The number of nitrogens with zero attached hydrogens (tertiary/aromatic N) is 1. The minimum absolute atomic E-state index is 0.723. The summed E-state index contributed by atoms with van der Waals surface area (Å²) in [5, 5.41) is 0. The molecule has 0 aromatic heterocycles. The summed E-state index contributed by atoms with van der Waals surface area (Å²) in [5.74, 6) is 0. The Morgan fingerprint density at radius 1 is 1.46 bits per heavy atom. The van der Waals surface area contributed by atoms with Crippen molar-refractivity contribution in [3.63, 3.8) is 0 Å². The highest BCUT2D eigenvalue weighted by Gasteiger charge is 2.19. The molecule has 2 N–H and O–H groups in total. The molecule has 0 bridgehead atoms. The Labute approximate surface area is 86.9 Å². The van der Waals surface area contributed by atoms with Crippen molar-refractivity contribution in [2.75, 3.05) is 24.5 Å². The zero-order chi connectivity index (χ0) is 9.26. The van der Waals surface area contributed by atoms with Gasteiger partial charge in [-0.25, -0.2) is 0 Å². The van der Waals surface area contributed by atoms with E-state index < -0.39 is 0 Å². The van der Waals surface area contributed by atoms with E-state index in [4.69, 9.17) is 5.73 Å². The lowest BCUT2D eigenvalue weighted by molar-refractivity contribution is 0.820. The Bertz CT molecular complexity index is 310. The van der Waals surface area contributed by atoms with Crippen LogP contribution >= 0.6 is 15.9 Å². The minimum Gasteiger partial charge on any atom is -0.369 e. The van der Waals surface area contributed by atoms with E-state index in [2.05, 4.69) is 39.0 Å². The van der Waals surface area contributed by atoms with Gasteiger partial charge in [0.05, 0.1) is 5.69 Å². The fourth-order valence-electron chi connectivity index (χ4n) is 1.86. The van der Waals surface area contributed by atoms with Crippen LogP contribution in [0.3, 0.4) is 0 Å². The van der Waals surface area contributed by atoms with Crippen molar-refractivity contribution in [2.45, 2.75) is 6.42 Å². The second-order valence-corrected chi connectivity index (χ2v) is 4.13. The summed E-state index contributed by atoms with van der Waals surface area (Å²) in [7, 11) is 0. The number of hydrogen-bond donors (Lipinski definition) is 1. The number of anilines is 1. The Hall–Kier alpha value is -0.540. The molecule has 70 valence electrons. The van der Waals surface area contributed by atoms with Gasteiger partial charge in [0.2, 0.25) is 0 Å². The van der Waals surface area contributed by atoms with Crippen LogP contribution in [0.1, 0.15) is 5.56 Å². The first-order valence-electron chi connectivity index (χ1n) is 4.55. The predicted octanol–water partition coefficient (Wildman–Crippen LogP) is 1.77. The van der Waals surface area contributed by atoms with Gasteiger partial charge in [-0.1, -0.05) is 12.1 Å². The quantitative estimate of drug-likeness (QED) is 0.854. The molecule has 1 aromatic carbocycles. The molecule has 0 aliphatic carbocycles. The summed E-state index contributed by atoms with van der Waals surface area (Å²) in [6, 6.07) is 6.37. The normalized spacial score (nSPS) is 14.8. The molecule has 0 atom stereocenters. The van der Waals surface area contributed by atoms with Gasteiger partial charge < -0.3 is 10.6 Å². The highest BCUT2D eigenvalue weighted by molar-refractivity contribution is 9.10. The van der Waals surface area contributed by atoms with Crippen LogP contribution in [0.2, 0.25) is 0 Å². The number of para-hydroxylation sites is 1. The zero-order valence-corrected chi connectivity index (χ0v) is 9.05. The molecule has 0 spiro atoms. The van der Waals surface area contributed by atoms with Crippen LogP contribution in [0.15, 0.2) is 22.7 Å². The van der Waals surface area contributed by atoms with Crippen LogP contribution in [0.25, 0.3) is 0 Å². The summed E-state index contributed by atoms with van der Waals surface area (Å²) in [4.78, 5) is 2.35. The number of fused-ring (bicyclic) bond motifs is 1. The van der Waals surface area contributed by atoms with Crippen molar-refractivity contribution in [3.05, 3.63) is 28.2 Å². The van der Waals surface area contributed by atoms with Crippen molar-refractivity contribution in [1.29, 1.82) is 0 Å². The Balaban J connectivity index is 2.34. The standard InChI is InChI=1S/C10H13BrN2/c11-9-3-1-2-8-4-6-13(7-5-12)10(8)9/h1-3H,4-7,12H2. The van der Waals surface area contributed by atoms with Gasteiger partial charge in [-0.05, 0) is 34.0 Å². The number of rotatable bonds is 2. The lowest BCUT2D eigenvalue weighted by Crippen LogP contribution is -2.27. The lowest BCUT2D eigenvalue weighted by Gasteiger charge is -2.19. The molecule has 0 amide bonds. The number of benzene rings is 1. The van der Waals surface area contributed by atoms with Crippen molar-refractivity contribution in [3.8, 4) is 0 Å². The lowest BCUT2D eigenvalue weighted by atomic mass is 10.2. The van der Waals surface area contributed by atoms with E-state index in [0.717, 1.165) is 26.1 Å². The first-order chi connectivity index (χ1) is 6.33. The SMILES string of the molecule is NCCN1CCc2cccc(Br)c21. The molecular formula is C10H13BrN2. The molecule has 0 fully saturated rings. The molecule has 2 rings (SSSR count). The third-order valence-corrected chi connectivity index (χ3v) is 3.08. The monoisotopic (exact) mass is 240 g/mol. The first kappa shape index (κ1) is 9.03. The Morgan fingerprint density at radius 2 is 2.31 bits per heavy atom. The summed E-state index contributed by atoms with van der Waals surface area (Å²) >= 11 is 3.58. The van der Waals surface area contributed by atoms with Gasteiger partial charge in [-0.3, -0.25) is 0 Å². The number of halogens is 1. The average Bonchev–Trinajstić information content (AvgIpc) is 2.51. The summed E-state index contributed by atoms with van der Waals surface area (Å²) in [6.07, 6.45) is 1.15. The van der Waals surface area contributed by atoms with Crippen LogP contribution in [0, 0.1) is 0 Å².